The van der Waals surface area contributed by atoms with E-state index in [1.165, 1.54) is 6.08 Å². The second-order valence-corrected chi connectivity index (χ2v) is 10.1. The third-order valence-corrected chi connectivity index (χ3v) is 7.95. The first-order valence-electron chi connectivity index (χ1n) is 12.6. The van der Waals surface area contributed by atoms with Crippen molar-refractivity contribution in [3.05, 3.63) is 53.5 Å². The smallest absolute Gasteiger partial charge is 0.246 e. The molecule has 0 unspecified atom stereocenters. The number of anilines is 1. The van der Waals surface area contributed by atoms with Crippen LogP contribution in [0, 0.1) is 18.3 Å². The minimum Gasteiger partial charge on any atom is -0.492 e. The van der Waals surface area contributed by atoms with Gasteiger partial charge in [0.15, 0.2) is 0 Å². The topological polar surface area (TPSA) is 111 Å². The van der Waals surface area contributed by atoms with Gasteiger partial charge in [0.1, 0.15) is 17.9 Å². The number of rotatable bonds is 4. The molecule has 1 fully saturated rings. The molecule has 1 atom stereocenters. The number of benzene rings is 2. The summed E-state index contributed by atoms with van der Waals surface area (Å²) in [7, 11) is 0. The number of nitriles is 1. The van der Waals surface area contributed by atoms with Gasteiger partial charge in [-0.1, -0.05) is 18.2 Å². The van der Waals surface area contributed by atoms with Crippen molar-refractivity contribution in [3.8, 4) is 22.9 Å². The van der Waals surface area contributed by atoms with E-state index < -0.39 is 0 Å². The largest absolute Gasteiger partial charge is 0.492 e. The van der Waals surface area contributed by atoms with E-state index in [-0.39, 0.29) is 18.4 Å². The van der Waals surface area contributed by atoms with Crippen LogP contribution in [-0.4, -0.2) is 63.3 Å². The van der Waals surface area contributed by atoms with Crippen LogP contribution in [0.25, 0.3) is 32.9 Å². The molecule has 2 aliphatic rings. The molecule has 0 radical (unpaired) electrons. The van der Waals surface area contributed by atoms with E-state index in [1.54, 1.807) is 11.2 Å². The van der Waals surface area contributed by atoms with Gasteiger partial charge in [-0.3, -0.25) is 9.89 Å². The van der Waals surface area contributed by atoms with Crippen molar-refractivity contribution in [2.24, 2.45) is 0 Å². The monoisotopic (exact) mass is 527 g/mol. The highest BCUT2D eigenvalue weighted by atomic mass is 35.5. The molecule has 0 bridgehead atoms. The zero-order valence-corrected chi connectivity index (χ0v) is 21.8. The molecule has 38 heavy (non-hydrogen) atoms. The highest BCUT2D eigenvalue weighted by molar-refractivity contribution is 6.33. The molecule has 10 heteroatoms. The Labute approximate surface area is 224 Å². The second-order valence-electron chi connectivity index (χ2n) is 9.66. The molecule has 2 aromatic carbocycles. The van der Waals surface area contributed by atoms with Crippen molar-refractivity contribution in [3.63, 3.8) is 0 Å². The third kappa shape index (κ3) is 3.84. The predicted octanol–water partition coefficient (Wildman–Crippen LogP) is 4.58. The van der Waals surface area contributed by atoms with E-state index in [0.717, 1.165) is 68.5 Å². The molecule has 4 aromatic rings. The minimum atomic E-state index is -0.260. The lowest BCUT2D eigenvalue weighted by Crippen LogP contribution is -2.55. The van der Waals surface area contributed by atoms with Crippen LogP contribution < -0.4 is 9.64 Å². The van der Waals surface area contributed by atoms with Gasteiger partial charge in [0.2, 0.25) is 5.91 Å². The summed E-state index contributed by atoms with van der Waals surface area (Å²) in [4.78, 5) is 25.6. The van der Waals surface area contributed by atoms with E-state index in [4.69, 9.17) is 21.3 Å². The summed E-state index contributed by atoms with van der Waals surface area (Å²) in [5.41, 5.74) is 5.77. The number of piperazine rings is 1. The van der Waals surface area contributed by atoms with Crippen molar-refractivity contribution in [2.45, 2.75) is 32.2 Å². The van der Waals surface area contributed by atoms with Crippen LogP contribution >= 0.6 is 11.6 Å². The Balaban J connectivity index is 1.53. The number of nitrogens with zero attached hydrogens (tertiary/aromatic N) is 6. The van der Waals surface area contributed by atoms with Gasteiger partial charge >= 0.3 is 0 Å². The zero-order chi connectivity index (χ0) is 26.4. The number of nitrogens with one attached hydrogen (secondary N) is 1. The Hall–Kier alpha value is -4.16. The number of aromatic nitrogens is 4. The lowest BCUT2D eigenvalue weighted by molar-refractivity contribution is -0.128. The van der Waals surface area contributed by atoms with E-state index >= 15 is 0 Å². The number of hydrogen-bond donors (Lipinski definition) is 1. The van der Waals surface area contributed by atoms with Gasteiger partial charge in [-0.25, -0.2) is 9.97 Å². The molecule has 1 amide bonds. The third-order valence-electron chi connectivity index (χ3n) is 7.56. The van der Waals surface area contributed by atoms with Gasteiger partial charge in [0, 0.05) is 35.6 Å². The van der Waals surface area contributed by atoms with Crippen LogP contribution in [0.1, 0.15) is 24.0 Å². The van der Waals surface area contributed by atoms with Crippen molar-refractivity contribution in [1.82, 2.24) is 25.1 Å². The summed E-state index contributed by atoms with van der Waals surface area (Å²) in [5.74, 6) is 1.38. The fourth-order valence-electron chi connectivity index (χ4n) is 5.75. The van der Waals surface area contributed by atoms with E-state index in [1.807, 2.05) is 19.2 Å². The number of amides is 1. The first-order valence-corrected chi connectivity index (χ1v) is 13.0. The molecule has 1 saturated heterocycles. The van der Waals surface area contributed by atoms with Crippen molar-refractivity contribution in [1.29, 1.82) is 5.26 Å². The van der Waals surface area contributed by atoms with Crippen LogP contribution in [-0.2, 0) is 11.2 Å². The van der Waals surface area contributed by atoms with Gasteiger partial charge in [0.25, 0.3) is 0 Å². The Bertz CT molecular complexity index is 1640. The molecule has 9 nitrogen and oxygen atoms in total. The molecule has 6 rings (SSSR count). The predicted molar refractivity (Wildman–Crippen MR) is 146 cm³/mol. The Kier molecular flexibility index (Phi) is 6.12. The number of ether oxygens (including phenoxy) is 1. The fourth-order valence-corrected chi connectivity index (χ4v) is 5.95. The quantitative estimate of drug-likeness (QED) is 0.387. The van der Waals surface area contributed by atoms with Gasteiger partial charge in [-0.15, -0.1) is 0 Å². The summed E-state index contributed by atoms with van der Waals surface area (Å²) >= 11 is 6.64. The molecule has 0 spiro atoms. The molecule has 2 aliphatic heterocycles. The number of aromatic amines is 1. The summed E-state index contributed by atoms with van der Waals surface area (Å²) in [6, 6.07) is 5.97. The summed E-state index contributed by atoms with van der Waals surface area (Å²) in [6.45, 7) is 7.78. The van der Waals surface area contributed by atoms with Crippen LogP contribution in [0.5, 0.6) is 5.75 Å². The lowest BCUT2D eigenvalue weighted by atomic mass is 9.88. The van der Waals surface area contributed by atoms with Gasteiger partial charge in [0.05, 0.1) is 47.8 Å². The maximum Gasteiger partial charge on any atom is 0.246 e. The Morgan fingerprint density at radius 1 is 1.37 bits per heavy atom. The molecule has 4 heterocycles. The van der Waals surface area contributed by atoms with E-state index in [2.05, 4.69) is 38.8 Å². The van der Waals surface area contributed by atoms with Crippen LogP contribution in [0.3, 0.4) is 0 Å². The van der Waals surface area contributed by atoms with E-state index in [0.29, 0.717) is 31.3 Å². The average molecular weight is 528 g/mol. The summed E-state index contributed by atoms with van der Waals surface area (Å²) in [6.07, 6.45) is 6.68. The molecule has 2 aromatic heterocycles. The first-order chi connectivity index (χ1) is 18.5. The number of hydrogen-bond acceptors (Lipinski definition) is 7. The second kappa shape index (κ2) is 9.62. The van der Waals surface area contributed by atoms with Gasteiger partial charge in [-0.05, 0) is 54.7 Å². The Morgan fingerprint density at radius 2 is 2.24 bits per heavy atom. The molecular formula is C28H26ClN7O2. The maximum absolute atomic E-state index is 12.4. The first kappa shape index (κ1) is 24.2. The van der Waals surface area contributed by atoms with Crippen molar-refractivity contribution >= 4 is 45.1 Å². The highest BCUT2D eigenvalue weighted by Gasteiger charge is 2.32. The van der Waals surface area contributed by atoms with Gasteiger partial charge in [-0.2, -0.15) is 10.4 Å². The molecule has 1 N–H and O–H groups in total. The maximum atomic E-state index is 12.4. The van der Waals surface area contributed by atoms with Gasteiger partial charge < -0.3 is 14.5 Å². The highest BCUT2D eigenvalue weighted by Crippen LogP contribution is 2.46. The molecule has 0 aliphatic carbocycles. The van der Waals surface area contributed by atoms with E-state index in [9.17, 15) is 10.1 Å². The SMILES string of the molecule is C=CC(=O)N1CCN(c2ncnc3cc(-c4c(C)c(Cl)cc5[nH]ncc45)c4c(c23)OCCC4)C[C@@H]1CC#N. The lowest BCUT2D eigenvalue weighted by Gasteiger charge is -2.41. The summed E-state index contributed by atoms with van der Waals surface area (Å²) in [5, 5.41) is 19.2. The standard InChI is InChI=1S/C28H26ClN7O2/c1-3-24(37)36-9-8-35(14-17(36)6-7-30)28-26-23(31-15-32-28)11-19(18-5-4-10-38-27(18)26)25-16(2)21(29)12-22-20(25)13-33-34-22/h3,11-13,15,17H,1,4-6,8-10,14H2,2H3,(H,33,34)/t17-/m0/s1. The molecule has 192 valence electrons. The number of carbonyl (C=O) groups is 1. The number of carbonyl (C=O) groups excluding carboxylic acids is 1. The van der Waals surface area contributed by atoms with Crippen LogP contribution in [0.15, 0.2) is 37.3 Å². The molecule has 0 saturated carbocycles. The van der Waals surface area contributed by atoms with Crippen LogP contribution in [0.2, 0.25) is 5.02 Å². The van der Waals surface area contributed by atoms with Crippen LogP contribution in [0.4, 0.5) is 5.82 Å². The average Bonchev–Trinajstić information content (AvgIpc) is 3.40. The zero-order valence-electron chi connectivity index (χ0n) is 21.0. The molecular weight excluding hydrogens is 502 g/mol. The number of halogens is 1. The van der Waals surface area contributed by atoms with Crippen molar-refractivity contribution < 1.29 is 9.53 Å². The number of H-pyrrole nitrogens is 1. The normalized spacial score (nSPS) is 17.2. The minimum absolute atomic E-state index is 0.162. The fraction of sp³-hybridized carbons (Fsp3) is 0.321. The Morgan fingerprint density at radius 3 is 3.05 bits per heavy atom. The van der Waals surface area contributed by atoms with Crippen molar-refractivity contribution in [2.75, 3.05) is 31.1 Å². The summed E-state index contributed by atoms with van der Waals surface area (Å²) < 4.78 is 6.35. The number of fused-ring (bicyclic) bond motifs is 4.